The van der Waals surface area contributed by atoms with Crippen molar-refractivity contribution in [1.29, 1.82) is 0 Å². The van der Waals surface area contributed by atoms with Crippen molar-refractivity contribution in [3.8, 4) is 0 Å². The van der Waals surface area contributed by atoms with Crippen molar-refractivity contribution in [1.82, 2.24) is 0 Å². The molecule has 0 fully saturated rings. The van der Waals surface area contributed by atoms with Gasteiger partial charge in [0.2, 0.25) is 0 Å². The maximum absolute atomic E-state index is 5.67. The number of benzene rings is 2. The summed E-state index contributed by atoms with van der Waals surface area (Å²) >= 11 is 3.48. The Balaban J connectivity index is 2.11. The quantitative estimate of drug-likeness (QED) is 0.874. The van der Waals surface area contributed by atoms with Crippen LogP contribution in [0.25, 0.3) is 0 Å². The van der Waals surface area contributed by atoms with E-state index in [9.17, 15) is 0 Å². The normalized spacial score (nSPS) is 10.2. The second-order valence-corrected chi connectivity index (χ2v) is 4.99. The van der Waals surface area contributed by atoms with Crippen LogP contribution in [0.5, 0.6) is 0 Å². The average Bonchev–Trinajstić information content (AvgIpc) is 2.32. The molecule has 88 valence electrons. The minimum Gasteiger partial charge on any atom is -0.399 e. The molecule has 2 aromatic carbocycles. The van der Waals surface area contributed by atoms with Gasteiger partial charge in [-0.05, 0) is 35.9 Å². The van der Waals surface area contributed by atoms with Crippen molar-refractivity contribution >= 4 is 27.3 Å². The number of nitrogen functional groups attached to an aromatic ring is 1. The second kappa shape index (κ2) is 5.23. The number of hydrogen-bond acceptors (Lipinski definition) is 2. The van der Waals surface area contributed by atoms with Crippen LogP contribution in [0.15, 0.2) is 53.0 Å². The van der Waals surface area contributed by atoms with Gasteiger partial charge in [-0.2, -0.15) is 0 Å². The summed E-state index contributed by atoms with van der Waals surface area (Å²) in [6.07, 6.45) is 0. The average molecular weight is 291 g/mol. The molecule has 17 heavy (non-hydrogen) atoms. The van der Waals surface area contributed by atoms with Crippen LogP contribution in [-0.4, -0.2) is 7.05 Å². The lowest BCUT2D eigenvalue weighted by atomic mass is 10.2. The summed E-state index contributed by atoms with van der Waals surface area (Å²) in [6, 6.07) is 16.3. The maximum Gasteiger partial charge on any atom is 0.0426 e. The third-order valence-corrected chi connectivity index (χ3v) is 3.14. The summed E-state index contributed by atoms with van der Waals surface area (Å²) < 4.78 is 1.10. The predicted molar refractivity (Wildman–Crippen MR) is 77.1 cm³/mol. The van der Waals surface area contributed by atoms with Crippen LogP contribution in [0.4, 0.5) is 11.4 Å². The van der Waals surface area contributed by atoms with E-state index in [4.69, 9.17) is 5.73 Å². The highest BCUT2D eigenvalue weighted by Gasteiger charge is 2.02. The van der Waals surface area contributed by atoms with E-state index in [2.05, 4.69) is 52.1 Å². The molecule has 0 atom stereocenters. The van der Waals surface area contributed by atoms with E-state index in [1.807, 2.05) is 24.3 Å². The number of hydrogen-bond donors (Lipinski definition) is 1. The van der Waals surface area contributed by atoms with Gasteiger partial charge in [-0.3, -0.25) is 0 Å². The van der Waals surface area contributed by atoms with Crippen molar-refractivity contribution in [3.05, 3.63) is 58.6 Å². The van der Waals surface area contributed by atoms with E-state index in [-0.39, 0.29) is 0 Å². The lowest BCUT2D eigenvalue weighted by Crippen LogP contribution is -2.16. The first-order valence-corrected chi connectivity index (χ1v) is 6.25. The molecule has 0 saturated carbocycles. The Kier molecular flexibility index (Phi) is 3.69. The summed E-state index contributed by atoms with van der Waals surface area (Å²) in [6.45, 7) is 0.872. The Morgan fingerprint density at radius 2 is 1.82 bits per heavy atom. The van der Waals surface area contributed by atoms with E-state index in [1.165, 1.54) is 11.3 Å². The minimum absolute atomic E-state index is 0.804. The summed E-state index contributed by atoms with van der Waals surface area (Å²) in [5.74, 6) is 0. The van der Waals surface area contributed by atoms with Crippen molar-refractivity contribution in [2.24, 2.45) is 0 Å². The molecular weight excluding hydrogens is 276 g/mol. The van der Waals surface area contributed by atoms with Crippen LogP contribution in [0, 0.1) is 0 Å². The van der Waals surface area contributed by atoms with Crippen molar-refractivity contribution in [2.75, 3.05) is 17.7 Å². The summed E-state index contributed by atoms with van der Waals surface area (Å²) in [7, 11) is 2.08. The standard InChI is InChI=1S/C14H15BrN2/c1-17(14-4-2-3-12(15)9-14)10-11-5-7-13(16)8-6-11/h2-9H,10,16H2,1H3. The van der Waals surface area contributed by atoms with Gasteiger partial charge in [-0.1, -0.05) is 34.1 Å². The molecule has 0 spiro atoms. The highest BCUT2D eigenvalue weighted by molar-refractivity contribution is 9.10. The fourth-order valence-corrected chi connectivity index (χ4v) is 2.09. The van der Waals surface area contributed by atoms with Gasteiger partial charge >= 0.3 is 0 Å². The first kappa shape index (κ1) is 12.0. The molecule has 0 radical (unpaired) electrons. The molecule has 2 rings (SSSR count). The molecule has 0 amide bonds. The van der Waals surface area contributed by atoms with Crippen molar-refractivity contribution in [2.45, 2.75) is 6.54 Å². The zero-order chi connectivity index (χ0) is 12.3. The third-order valence-electron chi connectivity index (χ3n) is 2.65. The number of nitrogens with two attached hydrogens (primary N) is 1. The molecule has 0 aliphatic heterocycles. The van der Waals surface area contributed by atoms with Gasteiger partial charge < -0.3 is 10.6 Å². The van der Waals surface area contributed by atoms with Crippen molar-refractivity contribution in [3.63, 3.8) is 0 Å². The van der Waals surface area contributed by atoms with Crippen LogP contribution in [-0.2, 0) is 6.54 Å². The number of nitrogens with zero attached hydrogens (tertiary/aromatic N) is 1. The summed E-state index contributed by atoms with van der Waals surface area (Å²) in [5, 5.41) is 0. The predicted octanol–water partition coefficient (Wildman–Crippen LogP) is 3.67. The molecule has 0 aliphatic rings. The topological polar surface area (TPSA) is 29.3 Å². The highest BCUT2D eigenvalue weighted by Crippen LogP contribution is 2.20. The molecule has 2 nitrogen and oxygen atoms in total. The number of halogens is 1. The lowest BCUT2D eigenvalue weighted by molar-refractivity contribution is 0.923. The molecular formula is C14H15BrN2. The van der Waals surface area contributed by atoms with Crippen LogP contribution >= 0.6 is 15.9 Å². The molecule has 0 unspecified atom stereocenters. The molecule has 3 heteroatoms. The van der Waals surface area contributed by atoms with Crippen LogP contribution in [0.1, 0.15) is 5.56 Å². The summed E-state index contributed by atoms with van der Waals surface area (Å²) in [4.78, 5) is 2.20. The minimum atomic E-state index is 0.804. The first-order chi connectivity index (χ1) is 8.15. The number of rotatable bonds is 3. The Hall–Kier alpha value is -1.48. The fourth-order valence-electron chi connectivity index (χ4n) is 1.70. The number of anilines is 2. The zero-order valence-corrected chi connectivity index (χ0v) is 11.3. The van der Waals surface area contributed by atoms with Gasteiger partial charge in [0.15, 0.2) is 0 Å². The van der Waals surface area contributed by atoms with Crippen LogP contribution < -0.4 is 10.6 Å². The third kappa shape index (κ3) is 3.24. The van der Waals surface area contributed by atoms with E-state index in [1.54, 1.807) is 0 Å². The Labute approximate surface area is 110 Å². The molecule has 0 bridgehead atoms. The lowest BCUT2D eigenvalue weighted by Gasteiger charge is -2.19. The van der Waals surface area contributed by atoms with E-state index < -0.39 is 0 Å². The van der Waals surface area contributed by atoms with Gasteiger partial charge in [0.25, 0.3) is 0 Å². The monoisotopic (exact) mass is 290 g/mol. The van der Waals surface area contributed by atoms with Crippen LogP contribution in [0.2, 0.25) is 0 Å². The molecule has 0 heterocycles. The SMILES string of the molecule is CN(Cc1ccc(N)cc1)c1cccc(Br)c1. The molecule has 0 saturated heterocycles. The van der Waals surface area contributed by atoms with E-state index in [0.29, 0.717) is 0 Å². The van der Waals surface area contributed by atoms with Gasteiger partial charge in [-0.15, -0.1) is 0 Å². The Morgan fingerprint density at radius 3 is 2.47 bits per heavy atom. The Bertz CT molecular complexity index is 494. The van der Waals surface area contributed by atoms with Gasteiger partial charge in [0, 0.05) is 29.4 Å². The van der Waals surface area contributed by atoms with E-state index in [0.717, 1.165) is 16.7 Å². The van der Waals surface area contributed by atoms with Gasteiger partial charge in [-0.25, -0.2) is 0 Å². The Morgan fingerprint density at radius 1 is 1.12 bits per heavy atom. The highest BCUT2D eigenvalue weighted by atomic mass is 79.9. The van der Waals surface area contributed by atoms with Gasteiger partial charge in [0.1, 0.15) is 0 Å². The fraction of sp³-hybridized carbons (Fsp3) is 0.143. The van der Waals surface area contributed by atoms with Crippen molar-refractivity contribution < 1.29 is 0 Å². The van der Waals surface area contributed by atoms with Gasteiger partial charge in [0.05, 0.1) is 0 Å². The zero-order valence-electron chi connectivity index (χ0n) is 9.73. The summed E-state index contributed by atoms with van der Waals surface area (Å²) in [5.41, 5.74) is 8.92. The van der Waals surface area contributed by atoms with E-state index >= 15 is 0 Å². The smallest absolute Gasteiger partial charge is 0.0426 e. The molecule has 0 aromatic heterocycles. The van der Waals surface area contributed by atoms with Crippen LogP contribution in [0.3, 0.4) is 0 Å². The maximum atomic E-state index is 5.67. The first-order valence-electron chi connectivity index (χ1n) is 5.46. The molecule has 0 aliphatic carbocycles. The molecule has 2 aromatic rings. The second-order valence-electron chi connectivity index (χ2n) is 4.08. The molecule has 2 N–H and O–H groups in total. The largest absolute Gasteiger partial charge is 0.399 e.